The number of halogens is 1. The minimum atomic E-state index is -0.608. The summed E-state index contributed by atoms with van der Waals surface area (Å²) in [7, 11) is 0. The molecule has 0 unspecified atom stereocenters. The van der Waals surface area contributed by atoms with Gasteiger partial charge >= 0.3 is 0 Å². The summed E-state index contributed by atoms with van der Waals surface area (Å²) < 4.78 is 1.65. The zero-order chi connectivity index (χ0) is 23.1. The Labute approximate surface area is 193 Å². The molecule has 0 spiro atoms. The summed E-state index contributed by atoms with van der Waals surface area (Å²) in [5.41, 5.74) is 10.7. The van der Waals surface area contributed by atoms with Gasteiger partial charge in [-0.3, -0.25) is 9.59 Å². The Morgan fingerprint density at radius 2 is 1.88 bits per heavy atom. The van der Waals surface area contributed by atoms with Crippen LogP contribution in [0.1, 0.15) is 32.0 Å². The Bertz CT molecular complexity index is 1410. The predicted octanol–water partition coefficient (Wildman–Crippen LogP) is 3.74. The maximum atomic E-state index is 12.7. The molecule has 9 heteroatoms. The molecule has 1 aliphatic carbocycles. The summed E-state index contributed by atoms with van der Waals surface area (Å²) in [5, 5.41) is 17.1. The molecule has 2 amide bonds. The number of nitrogens with zero attached hydrogens (tertiary/aromatic N) is 3. The summed E-state index contributed by atoms with van der Waals surface area (Å²) in [6, 6.07) is 15.4. The number of aromatic nitrogens is 3. The van der Waals surface area contributed by atoms with Crippen LogP contribution in [0.2, 0.25) is 5.15 Å². The van der Waals surface area contributed by atoms with Gasteiger partial charge in [0.25, 0.3) is 11.8 Å². The van der Waals surface area contributed by atoms with Crippen LogP contribution in [-0.2, 0) is 12.8 Å². The smallest absolute Gasteiger partial charge is 0.269 e. The van der Waals surface area contributed by atoms with E-state index in [1.807, 2.05) is 18.2 Å². The Balaban J connectivity index is 1.61. The van der Waals surface area contributed by atoms with Gasteiger partial charge in [0.2, 0.25) is 0 Å². The standard InChI is InChI=1S/C24H18ClN5O3/c25-22-18(2-1-11-27-22)24(33)28-14-5-3-13-4-10-17-20(23(26)32)29-30(21(17)19(13)12-14)15-6-8-16(31)9-7-15/h1-3,5-9,11-12,31H,4,10H2,(H2,26,32)(H,28,33). The number of nitrogens with two attached hydrogens (primary N) is 1. The van der Waals surface area contributed by atoms with Crippen LogP contribution in [0.3, 0.4) is 0 Å². The number of primary amides is 1. The van der Waals surface area contributed by atoms with E-state index >= 15 is 0 Å². The third kappa shape index (κ3) is 3.70. The maximum Gasteiger partial charge on any atom is 0.269 e. The second-order valence-corrected chi connectivity index (χ2v) is 7.99. The third-order valence-electron chi connectivity index (χ3n) is 5.58. The highest BCUT2D eigenvalue weighted by molar-refractivity contribution is 6.33. The first-order valence-corrected chi connectivity index (χ1v) is 10.6. The van der Waals surface area contributed by atoms with Crippen molar-refractivity contribution in [2.24, 2.45) is 5.73 Å². The fourth-order valence-electron chi connectivity index (χ4n) is 4.05. The number of phenolic OH excluding ortho intramolecular Hbond substituents is 1. The zero-order valence-electron chi connectivity index (χ0n) is 17.2. The average Bonchev–Trinajstić information content (AvgIpc) is 3.20. The minimum absolute atomic E-state index is 0.117. The molecule has 2 aromatic carbocycles. The van der Waals surface area contributed by atoms with Gasteiger partial charge in [-0.2, -0.15) is 5.10 Å². The second kappa shape index (κ2) is 8.07. The van der Waals surface area contributed by atoms with Crippen LogP contribution in [0, 0.1) is 0 Å². The quantitative estimate of drug-likeness (QED) is 0.401. The number of fused-ring (bicyclic) bond motifs is 3. The molecule has 164 valence electrons. The van der Waals surface area contributed by atoms with Crippen LogP contribution in [0.15, 0.2) is 60.8 Å². The molecule has 5 rings (SSSR count). The van der Waals surface area contributed by atoms with E-state index in [-0.39, 0.29) is 28.1 Å². The van der Waals surface area contributed by atoms with E-state index in [9.17, 15) is 14.7 Å². The number of nitrogens with one attached hydrogen (secondary N) is 1. The summed E-state index contributed by atoms with van der Waals surface area (Å²) in [5.74, 6) is -0.869. The molecule has 8 nitrogen and oxygen atoms in total. The van der Waals surface area contributed by atoms with E-state index < -0.39 is 5.91 Å². The first-order valence-electron chi connectivity index (χ1n) is 10.2. The van der Waals surface area contributed by atoms with Gasteiger partial charge in [0, 0.05) is 23.0 Å². The molecule has 33 heavy (non-hydrogen) atoms. The lowest BCUT2D eigenvalue weighted by atomic mass is 9.88. The largest absolute Gasteiger partial charge is 0.508 e. The van der Waals surface area contributed by atoms with Crippen molar-refractivity contribution in [1.29, 1.82) is 0 Å². The fraction of sp³-hybridized carbons (Fsp3) is 0.0833. The van der Waals surface area contributed by atoms with Crippen molar-refractivity contribution in [3.63, 3.8) is 0 Å². The van der Waals surface area contributed by atoms with Crippen LogP contribution in [0.4, 0.5) is 5.69 Å². The number of anilines is 1. The number of hydrogen-bond acceptors (Lipinski definition) is 5. The topological polar surface area (TPSA) is 123 Å². The predicted molar refractivity (Wildman–Crippen MR) is 124 cm³/mol. The lowest BCUT2D eigenvalue weighted by Gasteiger charge is -2.20. The summed E-state index contributed by atoms with van der Waals surface area (Å²) in [6.45, 7) is 0. The second-order valence-electron chi connectivity index (χ2n) is 7.64. The monoisotopic (exact) mass is 459 g/mol. The number of carbonyl (C=O) groups excluding carboxylic acids is 2. The molecule has 0 bridgehead atoms. The zero-order valence-corrected chi connectivity index (χ0v) is 18.0. The summed E-state index contributed by atoms with van der Waals surface area (Å²) >= 11 is 6.05. The van der Waals surface area contributed by atoms with Gasteiger partial charge in [0.1, 0.15) is 10.9 Å². The molecule has 0 atom stereocenters. The van der Waals surface area contributed by atoms with Crippen molar-refractivity contribution in [1.82, 2.24) is 14.8 Å². The molecule has 0 radical (unpaired) electrons. The van der Waals surface area contributed by atoms with E-state index in [4.69, 9.17) is 17.3 Å². The van der Waals surface area contributed by atoms with Crippen LogP contribution < -0.4 is 11.1 Å². The number of aryl methyl sites for hydroxylation is 1. The van der Waals surface area contributed by atoms with E-state index in [2.05, 4.69) is 15.4 Å². The summed E-state index contributed by atoms with van der Waals surface area (Å²) in [4.78, 5) is 28.8. The SMILES string of the molecule is NC(=O)c1nn(-c2ccc(O)cc2)c2c1CCc1ccc(NC(=O)c3cccnc3Cl)cc1-2. The number of benzene rings is 2. The Hall–Kier alpha value is -4.17. The van der Waals surface area contributed by atoms with Crippen molar-refractivity contribution >= 4 is 29.1 Å². The van der Waals surface area contributed by atoms with Crippen LogP contribution in [0.25, 0.3) is 16.9 Å². The van der Waals surface area contributed by atoms with Gasteiger partial charge in [0.15, 0.2) is 5.69 Å². The highest BCUT2D eigenvalue weighted by Crippen LogP contribution is 2.38. The molecule has 4 N–H and O–H groups in total. The molecule has 0 saturated carbocycles. The lowest BCUT2D eigenvalue weighted by molar-refractivity contribution is 0.0992. The van der Waals surface area contributed by atoms with Crippen molar-refractivity contribution in [3.05, 3.63) is 88.3 Å². The molecule has 0 fully saturated rings. The number of hydrogen-bond donors (Lipinski definition) is 3. The van der Waals surface area contributed by atoms with E-state index in [0.717, 1.165) is 22.4 Å². The van der Waals surface area contributed by atoms with E-state index in [1.165, 1.54) is 6.20 Å². The number of aromatic hydroxyl groups is 1. The molecule has 0 saturated heterocycles. The fourth-order valence-corrected chi connectivity index (χ4v) is 4.25. The Kier molecular flexibility index (Phi) is 5.07. The van der Waals surface area contributed by atoms with E-state index in [1.54, 1.807) is 41.1 Å². The summed E-state index contributed by atoms with van der Waals surface area (Å²) in [6.07, 6.45) is 2.82. The highest BCUT2D eigenvalue weighted by Gasteiger charge is 2.28. The van der Waals surface area contributed by atoms with E-state index in [0.29, 0.717) is 24.2 Å². The number of amides is 2. The third-order valence-corrected chi connectivity index (χ3v) is 5.88. The Morgan fingerprint density at radius 3 is 2.61 bits per heavy atom. The van der Waals surface area contributed by atoms with Crippen molar-refractivity contribution < 1.29 is 14.7 Å². The van der Waals surface area contributed by atoms with Crippen LogP contribution in [-0.4, -0.2) is 31.7 Å². The molecule has 1 aliphatic rings. The van der Waals surface area contributed by atoms with Gasteiger partial charge in [-0.1, -0.05) is 17.7 Å². The lowest BCUT2D eigenvalue weighted by Crippen LogP contribution is -2.16. The van der Waals surface area contributed by atoms with Crippen LogP contribution in [0.5, 0.6) is 5.75 Å². The van der Waals surface area contributed by atoms with Gasteiger partial charge in [-0.15, -0.1) is 0 Å². The number of phenols is 1. The molecule has 4 aromatic rings. The van der Waals surface area contributed by atoms with Gasteiger partial charge in [-0.05, 0) is 66.9 Å². The molecule has 2 aromatic heterocycles. The normalized spacial score (nSPS) is 12.0. The van der Waals surface area contributed by atoms with Crippen molar-refractivity contribution in [3.8, 4) is 22.7 Å². The van der Waals surface area contributed by atoms with Crippen molar-refractivity contribution in [2.75, 3.05) is 5.32 Å². The highest BCUT2D eigenvalue weighted by atomic mass is 35.5. The minimum Gasteiger partial charge on any atom is -0.508 e. The maximum absolute atomic E-state index is 12.7. The molecular formula is C24H18ClN5O3. The van der Waals surface area contributed by atoms with Crippen LogP contribution >= 0.6 is 11.6 Å². The number of rotatable bonds is 4. The number of pyridine rings is 1. The first kappa shape index (κ1) is 20.7. The van der Waals surface area contributed by atoms with Gasteiger partial charge < -0.3 is 16.2 Å². The molecule has 2 heterocycles. The van der Waals surface area contributed by atoms with Gasteiger partial charge in [0.05, 0.1) is 16.9 Å². The molecular weight excluding hydrogens is 442 g/mol. The Morgan fingerprint density at radius 1 is 1.09 bits per heavy atom. The van der Waals surface area contributed by atoms with Gasteiger partial charge in [-0.25, -0.2) is 9.67 Å². The number of carbonyl (C=O) groups is 2. The first-order chi connectivity index (χ1) is 15.9. The average molecular weight is 460 g/mol. The molecule has 0 aliphatic heterocycles. The van der Waals surface area contributed by atoms with Crippen molar-refractivity contribution in [2.45, 2.75) is 12.8 Å².